The summed E-state index contributed by atoms with van der Waals surface area (Å²) in [5.74, 6) is 0.626. The van der Waals surface area contributed by atoms with Crippen molar-refractivity contribution in [3.05, 3.63) is 41.0 Å². The second-order valence-electron chi connectivity index (χ2n) is 3.58. The van der Waals surface area contributed by atoms with Gasteiger partial charge in [0.25, 0.3) is 0 Å². The zero-order valence-corrected chi connectivity index (χ0v) is 9.40. The van der Waals surface area contributed by atoms with Gasteiger partial charge in [-0.2, -0.15) is 4.68 Å². The Bertz CT molecular complexity index is 749. The fourth-order valence-corrected chi connectivity index (χ4v) is 1.64. The van der Waals surface area contributed by atoms with Crippen molar-refractivity contribution in [3.63, 3.8) is 0 Å². The molecule has 0 fully saturated rings. The van der Waals surface area contributed by atoms with Crippen molar-refractivity contribution < 1.29 is 9.15 Å². The minimum absolute atomic E-state index is 0.262. The smallest absolute Gasteiger partial charge is 0.362 e. The lowest BCUT2D eigenvalue weighted by molar-refractivity contribution is 0.414. The second-order valence-corrected chi connectivity index (χ2v) is 3.58. The first-order valence-electron chi connectivity index (χ1n) is 5.13. The van der Waals surface area contributed by atoms with Gasteiger partial charge in [-0.1, -0.05) is 0 Å². The van der Waals surface area contributed by atoms with Crippen LogP contribution in [-0.2, 0) is 0 Å². The van der Waals surface area contributed by atoms with Gasteiger partial charge >= 0.3 is 5.63 Å². The Morgan fingerprint density at radius 3 is 2.94 bits per heavy atom. The van der Waals surface area contributed by atoms with Crippen LogP contribution in [0.25, 0.3) is 16.7 Å². The molecule has 0 saturated heterocycles. The standard InChI is InChI=1S/C11H8N4O3/c1-17-8-3-2-7-4-9(15-6-12-13-14-15)11(16)18-10(7)5-8/h2-6H,1H3. The molecule has 0 atom stereocenters. The predicted molar refractivity (Wildman–Crippen MR) is 61.7 cm³/mol. The molecule has 0 amide bonds. The van der Waals surface area contributed by atoms with Gasteiger partial charge in [-0.3, -0.25) is 0 Å². The van der Waals surface area contributed by atoms with Gasteiger partial charge in [0, 0.05) is 11.5 Å². The largest absolute Gasteiger partial charge is 0.497 e. The summed E-state index contributed by atoms with van der Waals surface area (Å²) < 4.78 is 11.5. The number of hydrogen-bond donors (Lipinski definition) is 0. The van der Waals surface area contributed by atoms with Crippen molar-refractivity contribution in [3.8, 4) is 11.4 Å². The molecule has 0 saturated carbocycles. The highest BCUT2D eigenvalue weighted by Crippen LogP contribution is 2.20. The zero-order valence-electron chi connectivity index (χ0n) is 9.40. The molecule has 0 bridgehead atoms. The molecule has 0 aliphatic carbocycles. The number of tetrazole rings is 1. The molecule has 3 aromatic rings. The SMILES string of the molecule is COc1ccc2cc(-n3cnnn3)c(=O)oc2c1. The first-order valence-corrected chi connectivity index (χ1v) is 5.13. The average Bonchev–Trinajstić information content (AvgIpc) is 2.91. The van der Waals surface area contributed by atoms with Crippen LogP contribution in [0.3, 0.4) is 0 Å². The molecular weight excluding hydrogens is 236 g/mol. The Morgan fingerprint density at radius 2 is 2.22 bits per heavy atom. The Labute approximate surface area is 101 Å². The third kappa shape index (κ3) is 1.61. The lowest BCUT2D eigenvalue weighted by Crippen LogP contribution is -2.10. The van der Waals surface area contributed by atoms with Gasteiger partial charge in [0.2, 0.25) is 0 Å². The number of aromatic nitrogens is 4. The average molecular weight is 244 g/mol. The van der Waals surface area contributed by atoms with Gasteiger partial charge in [0.1, 0.15) is 17.7 Å². The highest BCUT2D eigenvalue weighted by atomic mass is 16.5. The van der Waals surface area contributed by atoms with Gasteiger partial charge in [0.05, 0.1) is 7.11 Å². The molecular formula is C11H8N4O3. The van der Waals surface area contributed by atoms with Crippen LogP contribution >= 0.6 is 0 Å². The third-order valence-electron chi connectivity index (χ3n) is 2.52. The van der Waals surface area contributed by atoms with E-state index in [1.807, 2.05) is 0 Å². The number of hydrogen-bond acceptors (Lipinski definition) is 6. The Morgan fingerprint density at radius 1 is 1.33 bits per heavy atom. The maximum atomic E-state index is 11.8. The van der Waals surface area contributed by atoms with Crippen molar-refractivity contribution in [2.45, 2.75) is 0 Å². The van der Waals surface area contributed by atoms with E-state index in [1.54, 1.807) is 31.4 Å². The number of fused-ring (bicyclic) bond motifs is 1. The Kier molecular flexibility index (Phi) is 2.30. The van der Waals surface area contributed by atoms with Crippen molar-refractivity contribution in [1.82, 2.24) is 20.2 Å². The molecule has 0 aliphatic heterocycles. The van der Waals surface area contributed by atoms with Gasteiger partial charge in [-0.15, -0.1) is 5.10 Å². The van der Waals surface area contributed by atoms with E-state index in [1.165, 1.54) is 11.0 Å². The van der Waals surface area contributed by atoms with E-state index in [4.69, 9.17) is 9.15 Å². The Hall–Kier alpha value is -2.70. The van der Waals surface area contributed by atoms with Crippen LogP contribution in [0.15, 0.2) is 39.8 Å². The highest BCUT2D eigenvalue weighted by molar-refractivity contribution is 5.79. The van der Waals surface area contributed by atoms with Crippen LogP contribution < -0.4 is 10.4 Å². The molecule has 7 heteroatoms. The summed E-state index contributed by atoms with van der Waals surface area (Å²) in [4.78, 5) is 11.8. The summed E-state index contributed by atoms with van der Waals surface area (Å²) in [6.07, 6.45) is 1.33. The van der Waals surface area contributed by atoms with E-state index >= 15 is 0 Å². The normalized spacial score (nSPS) is 10.7. The van der Waals surface area contributed by atoms with Gasteiger partial charge in [-0.05, 0) is 28.6 Å². The maximum absolute atomic E-state index is 11.8. The fourth-order valence-electron chi connectivity index (χ4n) is 1.64. The van der Waals surface area contributed by atoms with Crippen LogP contribution in [0.5, 0.6) is 5.75 Å². The Balaban J connectivity index is 2.25. The summed E-state index contributed by atoms with van der Waals surface area (Å²) in [7, 11) is 1.55. The van der Waals surface area contributed by atoms with E-state index in [2.05, 4.69) is 15.5 Å². The lowest BCUT2D eigenvalue weighted by Gasteiger charge is -2.03. The predicted octanol–water partition coefficient (Wildman–Crippen LogP) is 0.777. The molecule has 2 heterocycles. The number of methoxy groups -OCH3 is 1. The van der Waals surface area contributed by atoms with E-state index in [9.17, 15) is 4.79 Å². The number of benzene rings is 1. The molecule has 1 aromatic carbocycles. The highest BCUT2D eigenvalue weighted by Gasteiger charge is 2.09. The van der Waals surface area contributed by atoms with Gasteiger partial charge < -0.3 is 9.15 Å². The van der Waals surface area contributed by atoms with E-state index in [-0.39, 0.29) is 5.69 Å². The molecule has 0 radical (unpaired) electrons. The maximum Gasteiger partial charge on any atom is 0.362 e. The topological polar surface area (TPSA) is 83.0 Å². The molecule has 3 rings (SSSR count). The molecule has 0 unspecified atom stereocenters. The van der Waals surface area contributed by atoms with Crippen LogP contribution in [0.2, 0.25) is 0 Å². The summed E-state index contributed by atoms with van der Waals surface area (Å²) in [6.45, 7) is 0. The lowest BCUT2D eigenvalue weighted by atomic mass is 10.2. The van der Waals surface area contributed by atoms with E-state index in [0.29, 0.717) is 11.3 Å². The molecule has 18 heavy (non-hydrogen) atoms. The third-order valence-corrected chi connectivity index (χ3v) is 2.52. The van der Waals surface area contributed by atoms with Crippen LogP contribution in [0, 0.1) is 0 Å². The quantitative estimate of drug-likeness (QED) is 0.619. The van der Waals surface area contributed by atoms with E-state index < -0.39 is 5.63 Å². The monoisotopic (exact) mass is 244 g/mol. The summed E-state index contributed by atoms with van der Waals surface area (Å²) in [6, 6.07) is 6.90. The van der Waals surface area contributed by atoms with Crippen LogP contribution in [-0.4, -0.2) is 27.3 Å². The molecule has 0 spiro atoms. The van der Waals surface area contributed by atoms with Crippen molar-refractivity contribution in [1.29, 1.82) is 0 Å². The van der Waals surface area contributed by atoms with Crippen molar-refractivity contribution in [2.24, 2.45) is 0 Å². The van der Waals surface area contributed by atoms with Crippen molar-refractivity contribution in [2.75, 3.05) is 7.11 Å². The zero-order chi connectivity index (χ0) is 12.5. The first-order chi connectivity index (χ1) is 8.78. The van der Waals surface area contributed by atoms with Crippen LogP contribution in [0.1, 0.15) is 0 Å². The van der Waals surface area contributed by atoms with E-state index in [0.717, 1.165) is 5.39 Å². The summed E-state index contributed by atoms with van der Waals surface area (Å²) >= 11 is 0. The van der Waals surface area contributed by atoms with Crippen LogP contribution in [0.4, 0.5) is 0 Å². The summed E-state index contributed by atoms with van der Waals surface area (Å²) in [5, 5.41) is 11.4. The number of nitrogens with zero attached hydrogens (tertiary/aromatic N) is 4. The minimum atomic E-state index is -0.511. The summed E-state index contributed by atoms with van der Waals surface area (Å²) in [5.41, 5.74) is 0.205. The fraction of sp³-hybridized carbons (Fsp3) is 0.0909. The molecule has 7 nitrogen and oxygen atoms in total. The van der Waals surface area contributed by atoms with Gasteiger partial charge in [-0.25, -0.2) is 4.79 Å². The molecule has 0 aliphatic rings. The number of rotatable bonds is 2. The molecule has 2 aromatic heterocycles. The molecule has 90 valence electrons. The molecule has 0 N–H and O–H groups in total. The minimum Gasteiger partial charge on any atom is -0.497 e. The number of ether oxygens (including phenoxy) is 1. The van der Waals surface area contributed by atoms with Gasteiger partial charge in [0.15, 0.2) is 5.69 Å². The van der Waals surface area contributed by atoms with Crippen molar-refractivity contribution >= 4 is 11.0 Å². The first kappa shape index (κ1) is 10.5. The second kappa shape index (κ2) is 3.95.